The highest BCUT2D eigenvalue weighted by atomic mass is 16.5. The Balaban J connectivity index is 1.68. The fourth-order valence-electron chi connectivity index (χ4n) is 3.89. The molecule has 1 fully saturated rings. The van der Waals surface area contributed by atoms with Crippen LogP contribution in [0.5, 0.6) is 0 Å². The van der Waals surface area contributed by atoms with E-state index in [2.05, 4.69) is 37.6 Å². The summed E-state index contributed by atoms with van der Waals surface area (Å²) in [7, 11) is 0. The van der Waals surface area contributed by atoms with E-state index in [4.69, 9.17) is 10.00 Å². The second kappa shape index (κ2) is 6.21. The van der Waals surface area contributed by atoms with Gasteiger partial charge in [0.25, 0.3) is 0 Å². The average molecular weight is 324 g/mol. The molecule has 7 heteroatoms. The van der Waals surface area contributed by atoms with Gasteiger partial charge in [0.15, 0.2) is 11.3 Å². The number of rotatable bonds is 5. The molecule has 1 unspecified atom stereocenters. The zero-order chi connectivity index (χ0) is 16.5. The van der Waals surface area contributed by atoms with E-state index in [1.54, 1.807) is 6.20 Å². The minimum absolute atomic E-state index is 0.198. The van der Waals surface area contributed by atoms with Gasteiger partial charge in [-0.25, -0.2) is 4.98 Å². The molecular formula is C17H20N6O. The molecule has 1 saturated carbocycles. The van der Waals surface area contributed by atoms with Gasteiger partial charge < -0.3 is 9.72 Å². The van der Waals surface area contributed by atoms with Crippen molar-refractivity contribution < 1.29 is 4.74 Å². The van der Waals surface area contributed by atoms with Crippen molar-refractivity contribution >= 4 is 16.8 Å². The molecular weight excluding hydrogens is 304 g/mol. The molecule has 124 valence electrons. The SMILES string of the molecule is CC[C@@H]1C[C@@H](OCCC#N)CC1c1nnc2cnc3[nH]ccc3n12. The molecule has 24 heavy (non-hydrogen) atoms. The summed E-state index contributed by atoms with van der Waals surface area (Å²) in [6.45, 7) is 2.73. The van der Waals surface area contributed by atoms with Crippen molar-refractivity contribution in [3.8, 4) is 6.07 Å². The fourth-order valence-corrected chi connectivity index (χ4v) is 3.89. The second-order valence-electron chi connectivity index (χ2n) is 6.37. The number of aromatic amines is 1. The Labute approximate surface area is 139 Å². The van der Waals surface area contributed by atoms with E-state index in [1.807, 2.05) is 12.3 Å². The average Bonchev–Trinajstić information content (AvgIpc) is 3.31. The Morgan fingerprint density at radius 1 is 1.42 bits per heavy atom. The molecule has 0 bridgehead atoms. The van der Waals surface area contributed by atoms with Gasteiger partial charge in [-0.1, -0.05) is 13.3 Å². The number of nitrogens with one attached hydrogen (secondary N) is 1. The molecule has 7 nitrogen and oxygen atoms in total. The molecule has 3 atom stereocenters. The quantitative estimate of drug-likeness (QED) is 0.729. The van der Waals surface area contributed by atoms with Crippen molar-refractivity contribution in [3.63, 3.8) is 0 Å². The molecule has 4 rings (SSSR count). The van der Waals surface area contributed by atoms with Crippen molar-refractivity contribution in [1.82, 2.24) is 24.6 Å². The summed E-state index contributed by atoms with van der Waals surface area (Å²) in [5, 5.41) is 17.5. The number of aromatic nitrogens is 5. The molecule has 0 aromatic carbocycles. The van der Waals surface area contributed by atoms with Crippen LogP contribution >= 0.6 is 0 Å². The molecule has 3 aromatic heterocycles. The maximum atomic E-state index is 8.68. The molecule has 0 radical (unpaired) electrons. The van der Waals surface area contributed by atoms with Gasteiger partial charge in [0.1, 0.15) is 5.82 Å². The maximum absolute atomic E-state index is 8.68. The number of fused-ring (bicyclic) bond motifs is 3. The Kier molecular flexibility index (Phi) is 3.90. The number of hydrogen-bond donors (Lipinski definition) is 1. The van der Waals surface area contributed by atoms with Crippen molar-refractivity contribution in [2.45, 2.75) is 44.6 Å². The van der Waals surface area contributed by atoms with Crippen LogP contribution < -0.4 is 0 Å². The third-order valence-electron chi connectivity index (χ3n) is 5.04. The van der Waals surface area contributed by atoms with E-state index in [0.29, 0.717) is 24.9 Å². The first-order valence-electron chi connectivity index (χ1n) is 8.47. The van der Waals surface area contributed by atoms with Crippen LogP contribution in [0.25, 0.3) is 16.8 Å². The monoisotopic (exact) mass is 324 g/mol. The van der Waals surface area contributed by atoms with Gasteiger partial charge in [0, 0.05) is 12.1 Å². The maximum Gasteiger partial charge on any atom is 0.179 e. The highest BCUT2D eigenvalue weighted by Gasteiger charge is 2.37. The van der Waals surface area contributed by atoms with Crippen LogP contribution in [0.3, 0.4) is 0 Å². The highest BCUT2D eigenvalue weighted by molar-refractivity contribution is 5.74. The van der Waals surface area contributed by atoms with Crippen LogP contribution in [0.4, 0.5) is 0 Å². The zero-order valence-corrected chi connectivity index (χ0v) is 13.6. The predicted octanol–water partition coefficient (Wildman–Crippen LogP) is 2.81. The Morgan fingerprint density at radius 2 is 2.33 bits per heavy atom. The van der Waals surface area contributed by atoms with E-state index in [9.17, 15) is 0 Å². The summed E-state index contributed by atoms with van der Waals surface area (Å²) in [5.74, 6) is 1.83. The summed E-state index contributed by atoms with van der Waals surface area (Å²) < 4.78 is 8.00. The van der Waals surface area contributed by atoms with Gasteiger partial charge in [-0.2, -0.15) is 5.26 Å². The van der Waals surface area contributed by atoms with E-state index < -0.39 is 0 Å². The normalized spacial score (nSPS) is 23.9. The van der Waals surface area contributed by atoms with Crippen molar-refractivity contribution in [2.24, 2.45) is 5.92 Å². The lowest BCUT2D eigenvalue weighted by Crippen LogP contribution is -2.10. The topological polar surface area (TPSA) is 91.9 Å². The fraction of sp³-hybridized carbons (Fsp3) is 0.529. The van der Waals surface area contributed by atoms with Gasteiger partial charge in [-0.05, 0) is 24.8 Å². The standard InChI is InChI=1S/C17H20N6O/c1-2-11-8-12(24-7-3-5-18)9-13(11)17-22-21-15-10-20-16-14(23(15)17)4-6-19-16/h4,6,10-13,19H,2-3,7-9H2,1H3/t11-,12-,13?/m1/s1. The number of nitriles is 1. The van der Waals surface area contributed by atoms with E-state index >= 15 is 0 Å². The largest absolute Gasteiger partial charge is 0.377 e. The number of H-pyrrole nitrogens is 1. The van der Waals surface area contributed by atoms with Gasteiger partial charge >= 0.3 is 0 Å². The zero-order valence-electron chi connectivity index (χ0n) is 13.6. The summed E-state index contributed by atoms with van der Waals surface area (Å²) in [6, 6.07) is 4.15. The third kappa shape index (κ3) is 2.43. The first-order valence-corrected chi connectivity index (χ1v) is 8.47. The highest BCUT2D eigenvalue weighted by Crippen LogP contribution is 2.42. The van der Waals surface area contributed by atoms with Gasteiger partial charge in [-0.15, -0.1) is 10.2 Å². The van der Waals surface area contributed by atoms with Crippen LogP contribution in [-0.2, 0) is 4.74 Å². The molecule has 3 aromatic rings. The molecule has 1 aliphatic carbocycles. The van der Waals surface area contributed by atoms with Crippen LogP contribution in [0, 0.1) is 17.2 Å². The summed E-state index contributed by atoms with van der Waals surface area (Å²) >= 11 is 0. The molecule has 0 saturated heterocycles. The lowest BCUT2D eigenvalue weighted by Gasteiger charge is -2.15. The molecule has 0 spiro atoms. The first-order chi connectivity index (χ1) is 11.8. The Bertz CT molecular complexity index is 891. The van der Waals surface area contributed by atoms with Crippen molar-refractivity contribution in [1.29, 1.82) is 5.26 Å². The first kappa shape index (κ1) is 15.1. The van der Waals surface area contributed by atoms with E-state index in [0.717, 1.165) is 41.9 Å². The minimum Gasteiger partial charge on any atom is -0.377 e. The number of hydrogen-bond acceptors (Lipinski definition) is 5. The molecule has 0 amide bonds. The van der Waals surface area contributed by atoms with E-state index in [-0.39, 0.29) is 6.10 Å². The molecule has 0 aliphatic heterocycles. The second-order valence-corrected chi connectivity index (χ2v) is 6.37. The van der Waals surface area contributed by atoms with Gasteiger partial charge in [0.05, 0.1) is 36.9 Å². The number of ether oxygens (including phenoxy) is 1. The van der Waals surface area contributed by atoms with Crippen molar-refractivity contribution in [3.05, 3.63) is 24.3 Å². The van der Waals surface area contributed by atoms with Crippen LogP contribution in [0.1, 0.15) is 44.3 Å². The third-order valence-corrected chi connectivity index (χ3v) is 5.04. The lowest BCUT2D eigenvalue weighted by molar-refractivity contribution is 0.0588. The summed E-state index contributed by atoms with van der Waals surface area (Å²) in [5.41, 5.74) is 2.63. The summed E-state index contributed by atoms with van der Waals surface area (Å²) in [4.78, 5) is 7.52. The van der Waals surface area contributed by atoms with Gasteiger partial charge in [0.2, 0.25) is 0 Å². The van der Waals surface area contributed by atoms with Gasteiger partial charge in [-0.3, -0.25) is 4.40 Å². The van der Waals surface area contributed by atoms with Crippen LogP contribution in [0.2, 0.25) is 0 Å². The molecule has 1 aliphatic rings. The smallest absolute Gasteiger partial charge is 0.179 e. The Hall–Kier alpha value is -2.46. The predicted molar refractivity (Wildman–Crippen MR) is 88.4 cm³/mol. The number of nitrogens with zero attached hydrogens (tertiary/aromatic N) is 5. The molecule has 1 N–H and O–H groups in total. The van der Waals surface area contributed by atoms with Crippen LogP contribution in [-0.4, -0.2) is 37.3 Å². The van der Waals surface area contributed by atoms with E-state index in [1.165, 1.54) is 0 Å². The van der Waals surface area contributed by atoms with Crippen LogP contribution in [0.15, 0.2) is 18.5 Å². The summed E-state index contributed by atoms with van der Waals surface area (Å²) in [6.07, 6.45) is 7.32. The minimum atomic E-state index is 0.198. The Morgan fingerprint density at radius 3 is 3.17 bits per heavy atom. The van der Waals surface area contributed by atoms with Crippen molar-refractivity contribution in [2.75, 3.05) is 6.61 Å². The lowest BCUT2D eigenvalue weighted by atomic mass is 9.93. The molecule has 3 heterocycles.